The Kier molecular flexibility index (Phi) is 7.52. The second-order valence-corrected chi connectivity index (χ2v) is 8.53. The number of para-hydroxylation sites is 2. The number of piperidine rings is 1. The van der Waals surface area contributed by atoms with Crippen LogP contribution in [-0.2, 0) is 11.2 Å². The summed E-state index contributed by atoms with van der Waals surface area (Å²) in [6.07, 6.45) is 2.40. The second-order valence-electron chi connectivity index (χ2n) is 8.53. The largest absolute Gasteiger partial charge is 0.319 e. The van der Waals surface area contributed by atoms with E-state index in [9.17, 15) is 19.7 Å². The Hall–Kier alpha value is -3.06. The number of carbonyl (C=O) groups is 2. The maximum Gasteiger partial charge on any atom is 0.292 e. The SMILES string of the molecule is CC(C)Cc1ccc(C(=O)C2CCN(CC(=O)Nc3ccccc3[N+](=O)[O-])CC2)cc1. The monoisotopic (exact) mass is 423 g/mol. The van der Waals surface area contributed by atoms with Crippen molar-refractivity contribution in [3.05, 3.63) is 69.8 Å². The zero-order valence-corrected chi connectivity index (χ0v) is 18.0. The summed E-state index contributed by atoms with van der Waals surface area (Å²) >= 11 is 0. The number of anilines is 1. The van der Waals surface area contributed by atoms with Crippen LogP contribution in [0.5, 0.6) is 0 Å². The first-order valence-electron chi connectivity index (χ1n) is 10.7. The highest BCUT2D eigenvalue weighted by atomic mass is 16.6. The first-order valence-corrected chi connectivity index (χ1v) is 10.7. The number of carbonyl (C=O) groups excluding carboxylic acids is 2. The molecule has 0 aliphatic carbocycles. The van der Waals surface area contributed by atoms with Crippen LogP contribution in [0.2, 0.25) is 0 Å². The van der Waals surface area contributed by atoms with Gasteiger partial charge >= 0.3 is 0 Å². The van der Waals surface area contributed by atoms with E-state index in [2.05, 4.69) is 19.2 Å². The number of hydrogen-bond acceptors (Lipinski definition) is 5. The normalized spacial score (nSPS) is 15.1. The van der Waals surface area contributed by atoms with E-state index in [1.54, 1.807) is 12.1 Å². The number of rotatable bonds is 8. The van der Waals surface area contributed by atoms with Crippen molar-refractivity contribution >= 4 is 23.1 Å². The van der Waals surface area contributed by atoms with Gasteiger partial charge in [-0.25, -0.2) is 0 Å². The number of nitrogens with one attached hydrogen (secondary N) is 1. The van der Waals surface area contributed by atoms with Crippen molar-refractivity contribution in [1.29, 1.82) is 0 Å². The molecule has 1 saturated heterocycles. The lowest BCUT2D eigenvalue weighted by molar-refractivity contribution is -0.383. The van der Waals surface area contributed by atoms with Crippen molar-refractivity contribution in [2.75, 3.05) is 25.0 Å². The zero-order valence-electron chi connectivity index (χ0n) is 18.0. The molecule has 7 heteroatoms. The summed E-state index contributed by atoms with van der Waals surface area (Å²) in [5.41, 5.74) is 2.06. The second kappa shape index (κ2) is 10.3. The summed E-state index contributed by atoms with van der Waals surface area (Å²) in [5.74, 6) is 0.418. The van der Waals surface area contributed by atoms with Crippen molar-refractivity contribution in [2.45, 2.75) is 33.1 Å². The smallest absolute Gasteiger partial charge is 0.292 e. The lowest BCUT2D eigenvalue weighted by Crippen LogP contribution is -2.40. The summed E-state index contributed by atoms with van der Waals surface area (Å²) in [5, 5.41) is 13.7. The number of Topliss-reactive ketones (excluding diaryl/α,β-unsaturated/α-hetero) is 1. The fourth-order valence-corrected chi connectivity index (χ4v) is 4.00. The molecule has 3 rings (SSSR count). The van der Waals surface area contributed by atoms with E-state index in [1.165, 1.54) is 17.7 Å². The predicted octanol–water partition coefficient (Wildman–Crippen LogP) is 4.33. The lowest BCUT2D eigenvalue weighted by atomic mass is 9.88. The van der Waals surface area contributed by atoms with Gasteiger partial charge in [0.1, 0.15) is 5.69 Å². The molecule has 31 heavy (non-hydrogen) atoms. The van der Waals surface area contributed by atoms with Crippen LogP contribution in [0.1, 0.15) is 42.6 Å². The highest BCUT2D eigenvalue weighted by Gasteiger charge is 2.27. The van der Waals surface area contributed by atoms with Gasteiger partial charge in [-0.3, -0.25) is 24.6 Å². The number of nitro groups is 1. The van der Waals surface area contributed by atoms with Crippen LogP contribution in [-0.4, -0.2) is 41.1 Å². The molecule has 1 fully saturated rings. The summed E-state index contributed by atoms with van der Waals surface area (Å²) in [6, 6.07) is 14.0. The standard InChI is InChI=1S/C24H29N3O4/c1-17(2)15-18-7-9-19(10-8-18)24(29)20-11-13-26(14-12-20)16-23(28)25-21-5-3-4-6-22(21)27(30)31/h3-10,17,20H,11-16H2,1-2H3,(H,25,28). The topological polar surface area (TPSA) is 92.6 Å². The van der Waals surface area contributed by atoms with Gasteiger partial charge in [0.05, 0.1) is 11.5 Å². The van der Waals surface area contributed by atoms with Gasteiger partial charge in [-0.1, -0.05) is 50.2 Å². The van der Waals surface area contributed by atoms with Crippen molar-refractivity contribution in [3.63, 3.8) is 0 Å². The fraction of sp³-hybridized carbons (Fsp3) is 0.417. The van der Waals surface area contributed by atoms with Crippen LogP contribution in [0.15, 0.2) is 48.5 Å². The molecule has 0 spiro atoms. The Morgan fingerprint density at radius 2 is 1.74 bits per heavy atom. The summed E-state index contributed by atoms with van der Waals surface area (Å²) in [7, 11) is 0. The molecule has 0 saturated carbocycles. The first kappa shape index (κ1) is 22.6. The van der Waals surface area contributed by atoms with E-state index in [-0.39, 0.29) is 35.5 Å². The Morgan fingerprint density at radius 3 is 2.35 bits per heavy atom. The van der Waals surface area contributed by atoms with E-state index in [1.807, 2.05) is 29.2 Å². The summed E-state index contributed by atoms with van der Waals surface area (Å²) in [6.45, 7) is 5.79. The third kappa shape index (κ3) is 6.21. The van der Waals surface area contributed by atoms with Crippen LogP contribution < -0.4 is 5.32 Å². The van der Waals surface area contributed by atoms with Crippen molar-refractivity contribution < 1.29 is 14.5 Å². The van der Waals surface area contributed by atoms with Gasteiger partial charge in [0.2, 0.25) is 5.91 Å². The molecule has 0 atom stereocenters. The van der Waals surface area contributed by atoms with Crippen LogP contribution in [0.25, 0.3) is 0 Å². The van der Waals surface area contributed by atoms with E-state index in [0.717, 1.165) is 12.0 Å². The molecule has 1 amide bonds. The van der Waals surface area contributed by atoms with Gasteiger partial charge in [0.15, 0.2) is 5.78 Å². The molecule has 1 aliphatic heterocycles. The van der Waals surface area contributed by atoms with Gasteiger partial charge < -0.3 is 5.32 Å². The number of benzene rings is 2. The highest BCUT2D eigenvalue weighted by molar-refractivity contribution is 5.98. The maximum atomic E-state index is 12.8. The quantitative estimate of drug-likeness (QED) is 0.388. The lowest BCUT2D eigenvalue weighted by Gasteiger charge is -2.30. The number of nitro benzene ring substituents is 1. The number of nitrogens with zero attached hydrogens (tertiary/aromatic N) is 2. The van der Waals surface area contributed by atoms with Gasteiger partial charge in [-0.2, -0.15) is 0 Å². The van der Waals surface area contributed by atoms with E-state index >= 15 is 0 Å². The van der Waals surface area contributed by atoms with Crippen LogP contribution in [0.4, 0.5) is 11.4 Å². The van der Waals surface area contributed by atoms with Gasteiger partial charge in [0.25, 0.3) is 5.69 Å². The van der Waals surface area contributed by atoms with Crippen molar-refractivity contribution in [1.82, 2.24) is 4.90 Å². The molecule has 2 aromatic carbocycles. The number of hydrogen-bond donors (Lipinski definition) is 1. The van der Waals surface area contributed by atoms with Gasteiger partial charge in [0, 0.05) is 17.5 Å². The number of amides is 1. The molecule has 0 aromatic heterocycles. The average molecular weight is 424 g/mol. The highest BCUT2D eigenvalue weighted by Crippen LogP contribution is 2.24. The molecule has 164 valence electrons. The van der Waals surface area contributed by atoms with Gasteiger partial charge in [-0.05, 0) is 49.9 Å². The Balaban J connectivity index is 1.50. The van der Waals surface area contributed by atoms with Crippen LogP contribution in [0, 0.1) is 22.0 Å². The van der Waals surface area contributed by atoms with Crippen LogP contribution in [0.3, 0.4) is 0 Å². The molecule has 1 heterocycles. The van der Waals surface area contributed by atoms with E-state index in [0.29, 0.717) is 31.8 Å². The van der Waals surface area contributed by atoms with Crippen molar-refractivity contribution in [2.24, 2.45) is 11.8 Å². The molecule has 0 bridgehead atoms. The Labute approximate surface area is 182 Å². The minimum absolute atomic E-state index is 0.0366. The molecule has 1 aliphatic rings. The Bertz CT molecular complexity index is 932. The van der Waals surface area contributed by atoms with E-state index in [4.69, 9.17) is 0 Å². The third-order valence-corrected chi connectivity index (χ3v) is 5.58. The minimum Gasteiger partial charge on any atom is -0.319 e. The number of ketones is 1. The summed E-state index contributed by atoms with van der Waals surface area (Å²) < 4.78 is 0. The molecule has 1 N–H and O–H groups in total. The first-order chi connectivity index (χ1) is 14.8. The van der Waals surface area contributed by atoms with Gasteiger partial charge in [-0.15, -0.1) is 0 Å². The average Bonchev–Trinajstić information content (AvgIpc) is 2.74. The molecule has 2 aromatic rings. The molecular weight excluding hydrogens is 394 g/mol. The predicted molar refractivity (Wildman–Crippen MR) is 120 cm³/mol. The number of likely N-dealkylation sites (tertiary alicyclic amines) is 1. The zero-order chi connectivity index (χ0) is 22.4. The molecule has 0 radical (unpaired) electrons. The maximum absolute atomic E-state index is 12.8. The molecule has 7 nitrogen and oxygen atoms in total. The van der Waals surface area contributed by atoms with Crippen molar-refractivity contribution in [3.8, 4) is 0 Å². The minimum atomic E-state index is -0.512. The molecular formula is C24H29N3O4. The summed E-state index contributed by atoms with van der Waals surface area (Å²) in [4.78, 5) is 37.8. The molecule has 0 unspecified atom stereocenters. The third-order valence-electron chi connectivity index (χ3n) is 5.58. The Morgan fingerprint density at radius 1 is 1.10 bits per heavy atom. The van der Waals surface area contributed by atoms with Crippen LogP contribution >= 0.6 is 0 Å². The van der Waals surface area contributed by atoms with E-state index < -0.39 is 4.92 Å². The fourth-order valence-electron chi connectivity index (χ4n) is 4.00.